The van der Waals surface area contributed by atoms with Crippen LogP contribution in [0.25, 0.3) is 0 Å². The van der Waals surface area contributed by atoms with Gasteiger partial charge in [0.25, 0.3) is 11.6 Å². The molecular weight excluding hydrogens is 398 g/mol. The summed E-state index contributed by atoms with van der Waals surface area (Å²) in [5, 5.41) is 30.0. The number of carbonyl (C=O) groups is 1. The SMILES string of the molecule is O=C(Nc1ccc(Cl)cc1[N+](=O)[O-])c1cc(Cn2cc([N+](=O)[O-])cn2)cs1. The van der Waals surface area contributed by atoms with Gasteiger partial charge in [0.05, 0.1) is 21.3 Å². The van der Waals surface area contributed by atoms with Crippen LogP contribution in [0.15, 0.2) is 42.0 Å². The number of hydrogen-bond acceptors (Lipinski definition) is 7. The lowest BCUT2D eigenvalue weighted by atomic mass is 10.2. The van der Waals surface area contributed by atoms with Gasteiger partial charge in [-0.25, -0.2) is 0 Å². The summed E-state index contributed by atoms with van der Waals surface area (Å²) in [5.41, 5.74) is 0.315. The van der Waals surface area contributed by atoms with Gasteiger partial charge in [-0.15, -0.1) is 11.3 Å². The molecule has 0 aliphatic heterocycles. The molecule has 27 heavy (non-hydrogen) atoms. The average Bonchev–Trinajstić information content (AvgIpc) is 3.26. The second kappa shape index (κ2) is 7.51. The number of nitrogens with zero attached hydrogens (tertiary/aromatic N) is 4. The quantitative estimate of drug-likeness (QED) is 0.489. The number of rotatable bonds is 6. The lowest BCUT2D eigenvalue weighted by Gasteiger charge is -2.05. The Balaban J connectivity index is 1.73. The first-order valence-electron chi connectivity index (χ1n) is 7.33. The van der Waals surface area contributed by atoms with E-state index in [0.29, 0.717) is 10.4 Å². The zero-order valence-corrected chi connectivity index (χ0v) is 14.9. The van der Waals surface area contributed by atoms with Gasteiger partial charge < -0.3 is 5.32 Å². The van der Waals surface area contributed by atoms with E-state index in [1.165, 1.54) is 23.0 Å². The summed E-state index contributed by atoms with van der Waals surface area (Å²) in [6.45, 7) is 0.249. The van der Waals surface area contributed by atoms with Crippen LogP contribution in [0.4, 0.5) is 17.1 Å². The Bertz CT molecular complexity index is 1050. The van der Waals surface area contributed by atoms with E-state index in [1.807, 2.05) is 0 Å². The first-order valence-corrected chi connectivity index (χ1v) is 8.59. The zero-order chi connectivity index (χ0) is 19.6. The smallest absolute Gasteiger partial charge is 0.307 e. The molecule has 0 unspecified atom stereocenters. The van der Waals surface area contributed by atoms with E-state index in [9.17, 15) is 25.0 Å². The van der Waals surface area contributed by atoms with E-state index >= 15 is 0 Å². The third kappa shape index (κ3) is 4.27. The van der Waals surface area contributed by atoms with Gasteiger partial charge in [-0.05, 0) is 29.1 Å². The maximum Gasteiger partial charge on any atom is 0.307 e. The molecule has 0 saturated carbocycles. The number of amides is 1. The number of hydrogen-bond donors (Lipinski definition) is 1. The van der Waals surface area contributed by atoms with Crippen molar-refractivity contribution in [2.24, 2.45) is 0 Å². The summed E-state index contributed by atoms with van der Waals surface area (Å²) in [7, 11) is 0. The Morgan fingerprint density at radius 2 is 2.04 bits per heavy atom. The number of nitro groups is 2. The van der Waals surface area contributed by atoms with Gasteiger partial charge in [-0.1, -0.05) is 11.6 Å². The van der Waals surface area contributed by atoms with Crippen molar-refractivity contribution >= 4 is 45.9 Å². The predicted molar refractivity (Wildman–Crippen MR) is 98.4 cm³/mol. The summed E-state index contributed by atoms with van der Waals surface area (Å²) in [6.07, 6.45) is 2.42. The summed E-state index contributed by atoms with van der Waals surface area (Å²) in [4.78, 5) is 33.3. The molecule has 3 aromatic rings. The molecule has 12 heteroatoms. The van der Waals surface area contributed by atoms with E-state index in [4.69, 9.17) is 11.6 Å². The average molecular weight is 408 g/mol. The van der Waals surface area contributed by atoms with Gasteiger partial charge in [0, 0.05) is 11.1 Å². The van der Waals surface area contributed by atoms with E-state index in [1.54, 1.807) is 11.4 Å². The maximum absolute atomic E-state index is 12.4. The third-order valence-electron chi connectivity index (χ3n) is 3.46. The molecule has 0 aliphatic rings. The van der Waals surface area contributed by atoms with E-state index in [-0.39, 0.29) is 28.6 Å². The Hall–Kier alpha value is -3.31. The number of aromatic nitrogens is 2. The number of thiophene rings is 1. The van der Waals surface area contributed by atoms with Crippen LogP contribution in [0.1, 0.15) is 15.2 Å². The third-order valence-corrected chi connectivity index (χ3v) is 4.67. The molecule has 0 atom stereocenters. The van der Waals surface area contributed by atoms with Gasteiger partial charge in [-0.2, -0.15) is 5.10 Å². The fourth-order valence-corrected chi connectivity index (χ4v) is 3.21. The lowest BCUT2D eigenvalue weighted by Crippen LogP contribution is -2.11. The first-order chi connectivity index (χ1) is 12.8. The van der Waals surface area contributed by atoms with Crippen LogP contribution in [0.2, 0.25) is 5.02 Å². The zero-order valence-electron chi connectivity index (χ0n) is 13.4. The molecule has 0 spiro atoms. The second-order valence-corrected chi connectivity index (χ2v) is 6.69. The molecule has 10 nitrogen and oxygen atoms in total. The van der Waals surface area contributed by atoms with E-state index in [2.05, 4.69) is 10.4 Å². The molecule has 1 N–H and O–H groups in total. The van der Waals surface area contributed by atoms with Crippen LogP contribution in [0, 0.1) is 20.2 Å². The van der Waals surface area contributed by atoms with Crippen LogP contribution in [0.3, 0.4) is 0 Å². The second-order valence-electron chi connectivity index (χ2n) is 5.35. The molecule has 138 valence electrons. The van der Waals surface area contributed by atoms with E-state index in [0.717, 1.165) is 23.6 Å². The highest BCUT2D eigenvalue weighted by atomic mass is 35.5. The highest BCUT2D eigenvalue weighted by Gasteiger charge is 2.18. The van der Waals surface area contributed by atoms with Gasteiger partial charge in [0.2, 0.25) is 0 Å². The topological polar surface area (TPSA) is 133 Å². The summed E-state index contributed by atoms with van der Waals surface area (Å²) >= 11 is 6.89. The van der Waals surface area contributed by atoms with Crippen LogP contribution < -0.4 is 5.32 Å². The minimum Gasteiger partial charge on any atom is -0.316 e. The fourth-order valence-electron chi connectivity index (χ4n) is 2.24. The predicted octanol–water partition coefficient (Wildman–Crippen LogP) is 3.72. The number of nitrogens with one attached hydrogen (secondary N) is 1. The fraction of sp³-hybridized carbons (Fsp3) is 0.0667. The van der Waals surface area contributed by atoms with Crippen molar-refractivity contribution in [2.75, 3.05) is 5.32 Å². The van der Waals surface area contributed by atoms with Crippen LogP contribution in [-0.4, -0.2) is 25.5 Å². The highest BCUT2D eigenvalue weighted by Crippen LogP contribution is 2.28. The van der Waals surface area contributed by atoms with Crippen molar-refractivity contribution in [3.8, 4) is 0 Å². The van der Waals surface area contributed by atoms with Crippen molar-refractivity contribution in [1.29, 1.82) is 0 Å². The Morgan fingerprint density at radius 3 is 2.70 bits per heavy atom. The molecule has 2 heterocycles. The largest absolute Gasteiger partial charge is 0.316 e. The van der Waals surface area contributed by atoms with Crippen molar-refractivity contribution < 1.29 is 14.6 Å². The Kier molecular flexibility index (Phi) is 5.14. The monoisotopic (exact) mass is 407 g/mol. The molecule has 3 rings (SSSR count). The normalized spacial score (nSPS) is 10.6. The first kappa shape index (κ1) is 18.5. The molecular formula is C15H10ClN5O5S. The van der Waals surface area contributed by atoms with Gasteiger partial charge in [0.1, 0.15) is 18.1 Å². The van der Waals surface area contributed by atoms with E-state index < -0.39 is 15.8 Å². The molecule has 0 radical (unpaired) electrons. The molecule has 0 fully saturated rings. The maximum atomic E-state index is 12.4. The number of nitro benzene ring substituents is 1. The number of carbonyl (C=O) groups excluding carboxylic acids is 1. The minimum absolute atomic E-state index is 0.0343. The lowest BCUT2D eigenvalue weighted by molar-refractivity contribution is -0.385. The van der Waals surface area contributed by atoms with Crippen LogP contribution >= 0.6 is 22.9 Å². The number of anilines is 1. The van der Waals surface area contributed by atoms with Gasteiger partial charge in [0.15, 0.2) is 0 Å². The van der Waals surface area contributed by atoms with Crippen molar-refractivity contribution in [3.63, 3.8) is 0 Å². The molecule has 1 aromatic carbocycles. The number of halogens is 1. The summed E-state index contributed by atoms with van der Waals surface area (Å²) < 4.78 is 1.38. The Labute approximate surface area is 160 Å². The van der Waals surface area contributed by atoms with Crippen LogP contribution in [0.5, 0.6) is 0 Å². The Morgan fingerprint density at radius 1 is 1.26 bits per heavy atom. The van der Waals surface area contributed by atoms with Crippen molar-refractivity contribution in [3.05, 3.63) is 77.7 Å². The molecule has 0 saturated heterocycles. The number of benzene rings is 1. The highest BCUT2D eigenvalue weighted by molar-refractivity contribution is 7.12. The molecule has 0 aliphatic carbocycles. The minimum atomic E-state index is -0.633. The molecule has 1 amide bonds. The standard InChI is InChI=1S/C15H10ClN5O5S/c16-10-1-2-12(13(4-10)21(25)26)18-15(22)14-3-9(8-27-14)6-19-7-11(5-17-19)20(23)24/h1-5,7-8H,6H2,(H,18,22). The summed E-state index contributed by atoms with van der Waals surface area (Å²) in [5.74, 6) is -0.511. The van der Waals surface area contributed by atoms with Gasteiger partial charge >= 0.3 is 5.69 Å². The van der Waals surface area contributed by atoms with Gasteiger partial charge in [-0.3, -0.25) is 29.7 Å². The summed E-state index contributed by atoms with van der Waals surface area (Å²) in [6, 6.07) is 5.54. The van der Waals surface area contributed by atoms with Crippen molar-refractivity contribution in [1.82, 2.24) is 9.78 Å². The van der Waals surface area contributed by atoms with Crippen LogP contribution in [-0.2, 0) is 6.54 Å². The molecule has 2 aromatic heterocycles. The molecule has 0 bridgehead atoms. The van der Waals surface area contributed by atoms with Crippen molar-refractivity contribution in [2.45, 2.75) is 6.54 Å².